The van der Waals surface area contributed by atoms with Gasteiger partial charge in [-0.25, -0.2) is 9.37 Å². The Hall–Kier alpha value is -2.45. The molecule has 1 aliphatic rings. The van der Waals surface area contributed by atoms with Gasteiger partial charge in [0.25, 0.3) is 5.91 Å². The van der Waals surface area contributed by atoms with Gasteiger partial charge in [-0.05, 0) is 37.5 Å². The van der Waals surface area contributed by atoms with Crippen molar-refractivity contribution in [2.24, 2.45) is 0 Å². The van der Waals surface area contributed by atoms with Crippen LogP contribution < -0.4 is 0 Å². The smallest absolute Gasteiger partial charge is 0.328 e. The molecule has 1 amide bonds. The lowest BCUT2D eigenvalue weighted by Gasteiger charge is -2.34. The number of rotatable bonds is 2. The second-order valence-electron chi connectivity index (χ2n) is 5.57. The normalized spacial score (nSPS) is 18.7. The zero-order valence-electron chi connectivity index (χ0n) is 12.5. The third kappa shape index (κ3) is 3.10. The number of nitrogens with one attached hydrogen (secondary N) is 1. The maximum absolute atomic E-state index is 13.4. The van der Waals surface area contributed by atoms with E-state index in [4.69, 9.17) is 0 Å². The lowest BCUT2D eigenvalue weighted by atomic mass is 9.99. The Bertz CT molecular complexity index is 730. The summed E-state index contributed by atoms with van der Waals surface area (Å²) >= 11 is 0. The minimum atomic E-state index is -4.85. The van der Waals surface area contributed by atoms with E-state index >= 15 is 0 Å². The van der Waals surface area contributed by atoms with Crippen molar-refractivity contribution in [3.8, 4) is 0 Å². The summed E-state index contributed by atoms with van der Waals surface area (Å²) in [5, 5.41) is 6.44. The minimum Gasteiger partial charge on any atom is -0.328 e. The molecular weight excluding hydrogens is 328 g/mol. The van der Waals surface area contributed by atoms with Gasteiger partial charge < -0.3 is 4.90 Å². The lowest BCUT2D eigenvalue weighted by Crippen LogP contribution is -2.39. The first kappa shape index (κ1) is 16.4. The van der Waals surface area contributed by atoms with Crippen LogP contribution in [-0.2, 0) is 6.18 Å². The van der Waals surface area contributed by atoms with E-state index in [-0.39, 0.29) is 11.6 Å². The van der Waals surface area contributed by atoms with Crippen molar-refractivity contribution in [1.82, 2.24) is 20.1 Å². The molecule has 0 unspecified atom stereocenters. The molecular formula is C15H14F4N4O. The van der Waals surface area contributed by atoms with Gasteiger partial charge in [0, 0.05) is 12.1 Å². The topological polar surface area (TPSA) is 61.9 Å². The van der Waals surface area contributed by atoms with E-state index in [9.17, 15) is 22.4 Å². The molecule has 1 aromatic heterocycles. The van der Waals surface area contributed by atoms with Gasteiger partial charge in [0.05, 0.1) is 11.6 Å². The molecule has 0 aliphatic carbocycles. The zero-order chi connectivity index (χ0) is 17.3. The number of nitrogens with zero attached hydrogens (tertiary/aromatic N) is 3. The predicted molar refractivity (Wildman–Crippen MR) is 75.4 cm³/mol. The van der Waals surface area contributed by atoms with Gasteiger partial charge in [-0.15, -0.1) is 0 Å². The summed E-state index contributed by atoms with van der Waals surface area (Å²) in [5.74, 6) is -1.49. The number of piperidine rings is 1. The fourth-order valence-corrected chi connectivity index (χ4v) is 2.88. The Balaban J connectivity index is 1.93. The summed E-state index contributed by atoms with van der Waals surface area (Å²) < 4.78 is 51.9. The minimum absolute atomic E-state index is 0.199. The van der Waals surface area contributed by atoms with Crippen LogP contribution in [0.5, 0.6) is 0 Å². The highest BCUT2D eigenvalue weighted by molar-refractivity contribution is 5.94. The van der Waals surface area contributed by atoms with Gasteiger partial charge in [0.1, 0.15) is 18.0 Å². The number of carbonyl (C=O) groups excluding carboxylic acids is 1. The number of aromatic amines is 1. The second kappa shape index (κ2) is 6.21. The van der Waals surface area contributed by atoms with Crippen molar-refractivity contribution in [2.75, 3.05) is 6.54 Å². The number of carbonyl (C=O) groups is 1. The first-order valence-corrected chi connectivity index (χ1v) is 7.41. The van der Waals surface area contributed by atoms with Crippen LogP contribution >= 0.6 is 0 Å². The number of halogens is 4. The fourth-order valence-electron chi connectivity index (χ4n) is 2.88. The van der Waals surface area contributed by atoms with Crippen LogP contribution in [0.4, 0.5) is 17.6 Å². The quantitative estimate of drug-likeness (QED) is 0.852. The van der Waals surface area contributed by atoms with E-state index in [1.54, 1.807) is 0 Å². The maximum Gasteiger partial charge on any atom is 0.419 e. The van der Waals surface area contributed by atoms with E-state index in [0.717, 1.165) is 18.9 Å². The molecule has 1 N–H and O–H groups in total. The predicted octanol–water partition coefficient (Wildman–Crippen LogP) is 3.33. The number of H-pyrrole nitrogens is 1. The molecule has 2 heterocycles. The first-order valence-electron chi connectivity index (χ1n) is 7.41. The SMILES string of the molecule is O=C(c1ccc(F)c(C(F)(F)F)c1)N1CCCC[C@H]1c1ncn[nH]1. The maximum atomic E-state index is 13.4. The molecule has 0 bridgehead atoms. The van der Waals surface area contributed by atoms with E-state index in [0.29, 0.717) is 30.9 Å². The largest absolute Gasteiger partial charge is 0.419 e. The number of likely N-dealkylation sites (tertiary alicyclic amines) is 1. The number of aromatic nitrogens is 3. The van der Waals surface area contributed by atoms with Crippen molar-refractivity contribution in [1.29, 1.82) is 0 Å². The number of benzene rings is 1. The third-order valence-corrected chi connectivity index (χ3v) is 4.03. The standard InChI is InChI=1S/C15H14F4N4O/c16-11-5-4-9(7-10(11)15(17,18)19)14(24)23-6-2-1-3-12(23)13-20-8-21-22-13/h4-5,7-8,12H,1-3,6H2,(H,20,21,22)/t12-/m0/s1. The van der Waals surface area contributed by atoms with Crippen LogP contribution in [0.3, 0.4) is 0 Å². The van der Waals surface area contributed by atoms with Gasteiger partial charge >= 0.3 is 6.18 Å². The molecule has 1 saturated heterocycles. The average Bonchev–Trinajstić information content (AvgIpc) is 3.08. The highest BCUT2D eigenvalue weighted by Crippen LogP contribution is 2.34. The van der Waals surface area contributed by atoms with Gasteiger partial charge in [-0.1, -0.05) is 0 Å². The molecule has 0 radical (unpaired) electrons. The number of hydrogen-bond donors (Lipinski definition) is 1. The summed E-state index contributed by atoms with van der Waals surface area (Å²) in [6.45, 7) is 0.392. The van der Waals surface area contributed by atoms with Crippen LogP contribution in [0.25, 0.3) is 0 Å². The molecule has 1 aliphatic heterocycles. The van der Waals surface area contributed by atoms with Gasteiger partial charge in [0.2, 0.25) is 0 Å². The van der Waals surface area contributed by atoms with Crippen molar-refractivity contribution < 1.29 is 22.4 Å². The molecule has 0 saturated carbocycles. The van der Waals surface area contributed by atoms with Crippen LogP contribution in [-0.4, -0.2) is 32.5 Å². The third-order valence-electron chi connectivity index (χ3n) is 4.03. The molecule has 128 valence electrons. The number of alkyl halides is 3. The Morgan fingerprint density at radius 1 is 1.29 bits per heavy atom. The van der Waals surface area contributed by atoms with Crippen LogP contribution in [0.1, 0.15) is 47.1 Å². The molecule has 0 spiro atoms. The zero-order valence-corrected chi connectivity index (χ0v) is 12.5. The highest BCUT2D eigenvalue weighted by Gasteiger charge is 2.36. The second-order valence-corrected chi connectivity index (χ2v) is 5.57. The Labute approximate surface area is 134 Å². The van der Waals surface area contributed by atoms with Crippen molar-refractivity contribution >= 4 is 5.91 Å². The van der Waals surface area contributed by atoms with Gasteiger partial charge in [-0.3, -0.25) is 9.89 Å². The molecule has 3 rings (SSSR count). The Morgan fingerprint density at radius 2 is 2.08 bits per heavy atom. The lowest BCUT2D eigenvalue weighted by molar-refractivity contribution is -0.140. The van der Waals surface area contributed by atoms with Crippen LogP contribution in [0.2, 0.25) is 0 Å². The monoisotopic (exact) mass is 342 g/mol. The van der Waals surface area contributed by atoms with Crippen molar-refractivity contribution in [2.45, 2.75) is 31.5 Å². The fraction of sp³-hybridized carbons (Fsp3) is 0.400. The molecule has 24 heavy (non-hydrogen) atoms. The molecule has 2 aromatic rings. The van der Waals surface area contributed by atoms with E-state index in [1.807, 2.05) is 0 Å². The Kier molecular flexibility index (Phi) is 4.25. The molecule has 1 fully saturated rings. The van der Waals surface area contributed by atoms with Crippen molar-refractivity contribution in [3.05, 3.63) is 47.3 Å². The molecule has 1 aromatic carbocycles. The summed E-state index contributed by atoms with van der Waals surface area (Å²) in [4.78, 5) is 18.2. The highest BCUT2D eigenvalue weighted by atomic mass is 19.4. The molecule has 5 nitrogen and oxygen atoms in total. The van der Waals surface area contributed by atoms with E-state index in [1.165, 1.54) is 11.2 Å². The molecule has 1 atom stereocenters. The molecule has 9 heteroatoms. The number of amides is 1. The van der Waals surface area contributed by atoms with E-state index < -0.39 is 23.5 Å². The van der Waals surface area contributed by atoms with Crippen LogP contribution in [0, 0.1) is 5.82 Å². The van der Waals surface area contributed by atoms with E-state index in [2.05, 4.69) is 15.2 Å². The van der Waals surface area contributed by atoms with Gasteiger partial charge in [-0.2, -0.15) is 18.3 Å². The summed E-state index contributed by atoms with van der Waals surface area (Å²) in [5.41, 5.74) is -1.64. The summed E-state index contributed by atoms with van der Waals surface area (Å²) in [7, 11) is 0. The Morgan fingerprint density at radius 3 is 2.75 bits per heavy atom. The van der Waals surface area contributed by atoms with Gasteiger partial charge in [0.15, 0.2) is 0 Å². The summed E-state index contributed by atoms with van der Waals surface area (Å²) in [6, 6.07) is 1.92. The van der Waals surface area contributed by atoms with Crippen LogP contribution in [0.15, 0.2) is 24.5 Å². The first-order chi connectivity index (χ1) is 11.4. The number of hydrogen-bond acceptors (Lipinski definition) is 3. The van der Waals surface area contributed by atoms with Crippen molar-refractivity contribution in [3.63, 3.8) is 0 Å². The summed E-state index contributed by atoms with van der Waals surface area (Å²) in [6.07, 6.45) is -1.30. The average molecular weight is 342 g/mol.